The predicted octanol–water partition coefficient (Wildman–Crippen LogP) is 0.347. The highest BCUT2D eigenvalue weighted by Gasteiger charge is 2.40. The summed E-state index contributed by atoms with van der Waals surface area (Å²) in [7, 11) is 0. The fourth-order valence-electron chi connectivity index (χ4n) is 2.23. The van der Waals surface area contributed by atoms with Crippen LogP contribution in [0.4, 0.5) is 4.79 Å². The summed E-state index contributed by atoms with van der Waals surface area (Å²) in [6, 6.07) is 0.703. The van der Waals surface area contributed by atoms with Crippen LogP contribution in [0, 0.1) is 5.92 Å². The van der Waals surface area contributed by atoms with Crippen LogP contribution in [0.5, 0.6) is 0 Å². The van der Waals surface area contributed by atoms with E-state index in [2.05, 4.69) is 12.2 Å². The van der Waals surface area contributed by atoms with Crippen molar-refractivity contribution in [2.75, 3.05) is 13.1 Å². The molecule has 0 aromatic carbocycles. The number of fused-ring (bicyclic) bond motifs is 2. The highest BCUT2D eigenvalue weighted by Crippen LogP contribution is 2.29. The number of rotatable bonds is 0. The van der Waals surface area contributed by atoms with E-state index in [-0.39, 0.29) is 6.04 Å². The minimum absolute atomic E-state index is 0.226. The Balaban J connectivity index is 2.10. The normalized spacial score (nSPS) is 40.1. The second kappa shape index (κ2) is 2.62. The molecule has 1 amide bonds. The van der Waals surface area contributed by atoms with Crippen molar-refractivity contribution in [1.82, 2.24) is 10.2 Å². The average Bonchev–Trinajstić information content (AvgIpc) is 2.37. The third-order valence-corrected chi connectivity index (χ3v) is 3.08. The Morgan fingerprint density at radius 3 is 3.00 bits per heavy atom. The van der Waals surface area contributed by atoms with Gasteiger partial charge in [0.2, 0.25) is 0 Å². The van der Waals surface area contributed by atoms with Crippen LogP contribution in [0.2, 0.25) is 0 Å². The van der Waals surface area contributed by atoms with Crippen molar-refractivity contribution in [2.24, 2.45) is 5.92 Å². The molecule has 3 atom stereocenters. The van der Waals surface area contributed by atoms with Crippen molar-refractivity contribution in [1.29, 1.82) is 0 Å². The number of nitrogens with zero attached hydrogens (tertiary/aromatic N) is 1. The van der Waals surface area contributed by atoms with Gasteiger partial charge in [-0.05, 0) is 19.3 Å². The van der Waals surface area contributed by atoms with Crippen molar-refractivity contribution in [3.63, 3.8) is 0 Å². The summed E-state index contributed by atoms with van der Waals surface area (Å²) in [5, 5.41) is 12.2. The molecule has 0 aliphatic carbocycles. The Morgan fingerprint density at radius 1 is 1.67 bits per heavy atom. The van der Waals surface area contributed by atoms with Gasteiger partial charge in [-0.25, -0.2) is 4.79 Å². The lowest BCUT2D eigenvalue weighted by atomic mass is 9.94. The van der Waals surface area contributed by atoms with E-state index < -0.39 is 6.09 Å². The molecule has 2 aliphatic rings. The number of likely N-dealkylation sites (tertiary alicyclic amines) is 1. The van der Waals surface area contributed by atoms with Crippen molar-refractivity contribution in [3.8, 4) is 0 Å². The Hall–Kier alpha value is -0.770. The molecule has 2 bridgehead atoms. The molecule has 2 N–H and O–H groups in total. The lowest BCUT2D eigenvalue weighted by Crippen LogP contribution is -2.44. The topological polar surface area (TPSA) is 52.6 Å². The van der Waals surface area contributed by atoms with Gasteiger partial charge >= 0.3 is 6.09 Å². The van der Waals surface area contributed by atoms with Gasteiger partial charge < -0.3 is 15.3 Å². The number of nitrogens with one attached hydrogen (secondary N) is 1. The zero-order chi connectivity index (χ0) is 8.72. The number of carbonyl (C=O) groups is 1. The molecule has 2 fully saturated rings. The second-order valence-corrected chi connectivity index (χ2v) is 3.78. The second-order valence-electron chi connectivity index (χ2n) is 3.78. The van der Waals surface area contributed by atoms with Gasteiger partial charge in [0.25, 0.3) is 0 Å². The maximum atomic E-state index is 10.7. The minimum atomic E-state index is -0.765. The van der Waals surface area contributed by atoms with Crippen LogP contribution in [0.25, 0.3) is 0 Å². The van der Waals surface area contributed by atoms with Gasteiger partial charge in [-0.3, -0.25) is 0 Å². The zero-order valence-electron chi connectivity index (χ0n) is 7.16. The third kappa shape index (κ3) is 1.06. The largest absolute Gasteiger partial charge is 0.465 e. The molecule has 68 valence electrons. The lowest BCUT2D eigenvalue weighted by Gasteiger charge is -2.26. The molecule has 0 aromatic rings. The molecule has 0 spiro atoms. The standard InChI is InChI=1S/C8H14N2O2/c1-5-6-2-7(3-9-5)10(4-6)8(11)12/h5-7,9H,2-4H2,1H3,(H,11,12). The van der Waals surface area contributed by atoms with Gasteiger partial charge in [0.15, 0.2) is 0 Å². The SMILES string of the molecule is CC1NCC2CC1CN2C(=O)O. The molecule has 4 heteroatoms. The van der Waals surface area contributed by atoms with E-state index in [0.717, 1.165) is 13.0 Å². The highest BCUT2D eigenvalue weighted by molar-refractivity contribution is 5.66. The predicted molar refractivity (Wildman–Crippen MR) is 44.1 cm³/mol. The van der Waals surface area contributed by atoms with E-state index in [1.807, 2.05) is 0 Å². The van der Waals surface area contributed by atoms with Gasteiger partial charge in [0.05, 0.1) is 0 Å². The monoisotopic (exact) mass is 170 g/mol. The summed E-state index contributed by atoms with van der Waals surface area (Å²) in [6.07, 6.45) is 0.277. The van der Waals surface area contributed by atoms with Crippen molar-refractivity contribution >= 4 is 6.09 Å². The fourth-order valence-corrected chi connectivity index (χ4v) is 2.23. The molecular weight excluding hydrogens is 156 g/mol. The van der Waals surface area contributed by atoms with E-state index in [1.54, 1.807) is 4.90 Å². The maximum absolute atomic E-state index is 10.7. The van der Waals surface area contributed by atoms with Crippen LogP contribution in [0.15, 0.2) is 0 Å². The molecule has 2 saturated heterocycles. The van der Waals surface area contributed by atoms with E-state index in [4.69, 9.17) is 5.11 Å². The lowest BCUT2D eigenvalue weighted by molar-refractivity contribution is 0.141. The Bertz CT molecular complexity index is 207. The summed E-state index contributed by atoms with van der Waals surface area (Å²) in [5.41, 5.74) is 0. The van der Waals surface area contributed by atoms with Crippen molar-refractivity contribution < 1.29 is 9.90 Å². The summed E-state index contributed by atoms with van der Waals surface area (Å²) < 4.78 is 0. The number of carboxylic acid groups (broad SMARTS) is 1. The molecule has 4 nitrogen and oxygen atoms in total. The molecule has 0 saturated carbocycles. The first-order chi connectivity index (χ1) is 5.68. The Morgan fingerprint density at radius 2 is 2.42 bits per heavy atom. The van der Waals surface area contributed by atoms with Crippen LogP contribution >= 0.6 is 0 Å². The number of hydrogen-bond acceptors (Lipinski definition) is 2. The van der Waals surface area contributed by atoms with Gasteiger partial charge in [-0.15, -0.1) is 0 Å². The molecule has 0 aromatic heterocycles. The van der Waals surface area contributed by atoms with Crippen LogP contribution < -0.4 is 5.32 Å². The van der Waals surface area contributed by atoms with Crippen LogP contribution in [-0.4, -0.2) is 41.3 Å². The van der Waals surface area contributed by atoms with Crippen molar-refractivity contribution in [2.45, 2.75) is 25.4 Å². The molecule has 0 radical (unpaired) electrons. The molecular formula is C8H14N2O2. The van der Waals surface area contributed by atoms with Crippen LogP contribution in [0.1, 0.15) is 13.3 Å². The Labute approximate surface area is 71.5 Å². The molecule has 2 heterocycles. The molecule has 2 aliphatic heterocycles. The maximum Gasteiger partial charge on any atom is 0.407 e. The molecule has 3 unspecified atom stereocenters. The van der Waals surface area contributed by atoms with E-state index in [9.17, 15) is 4.79 Å². The third-order valence-electron chi connectivity index (χ3n) is 3.08. The molecule has 2 rings (SSSR count). The van der Waals surface area contributed by atoms with Gasteiger partial charge in [0, 0.05) is 25.2 Å². The Kier molecular flexibility index (Phi) is 1.72. The number of piperidine rings is 1. The number of amides is 1. The van der Waals surface area contributed by atoms with Crippen molar-refractivity contribution in [3.05, 3.63) is 0 Å². The van der Waals surface area contributed by atoms with Gasteiger partial charge in [-0.2, -0.15) is 0 Å². The summed E-state index contributed by atoms with van der Waals surface area (Å²) in [4.78, 5) is 12.3. The van der Waals surface area contributed by atoms with Gasteiger partial charge in [-0.1, -0.05) is 0 Å². The molecule has 12 heavy (non-hydrogen) atoms. The quantitative estimate of drug-likeness (QED) is 0.551. The van der Waals surface area contributed by atoms with E-state index in [1.165, 1.54) is 0 Å². The van der Waals surface area contributed by atoms with Crippen LogP contribution in [0.3, 0.4) is 0 Å². The summed E-state index contributed by atoms with van der Waals surface area (Å²) in [6.45, 7) is 3.67. The van der Waals surface area contributed by atoms with Gasteiger partial charge in [0.1, 0.15) is 0 Å². The number of hydrogen-bond donors (Lipinski definition) is 2. The first-order valence-corrected chi connectivity index (χ1v) is 4.41. The zero-order valence-corrected chi connectivity index (χ0v) is 7.16. The fraction of sp³-hybridized carbons (Fsp3) is 0.875. The smallest absolute Gasteiger partial charge is 0.407 e. The summed E-state index contributed by atoms with van der Waals surface area (Å²) >= 11 is 0. The summed E-state index contributed by atoms with van der Waals surface area (Å²) in [5.74, 6) is 0.528. The average molecular weight is 170 g/mol. The first kappa shape index (κ1) is 7.86. The minimum Gasteiger partial charge on any atom is -0.465 e. The highest BCUT2D eigenvalue weighted by atomic mass is 16.4. The van der Waals surface area contributed by atoms with E-state index >= 15 is 0 Å². The first-order valence-electron chi connectivity index (χ1n) is 4.41. The van der Waals surface area contributed by atoms with Crippen LogP contribution in [-0.2, 0) is 0 Å². The van der Waals surface area contributed by atoms with E-state index in [0.29, 0.717) is 18.5 Å².